The van der Waals surface area contributed by atoms with Crippen LogP contribution >= 0.6 is 0 Å². The van der Waals surface area contributed by atoms with Crippen molar-refractivity contribution in [2.24, 2.45) is 0 Å². The summed E-state index contributed by atoms with van der Waals surface area (Å²) >= 11 is 0. The van der Waals surface area contributed by atoms with E-state index in [1.54, 1.807) is 6.92 Å². The number of hydrogen-bond acceptors (Lipinski definition) is 3. The van der Waals surface area contributed by atoms with Crippen LogP contribution in [0.15, 0.2) is 77.2 Å². The van der Waals surface area contributed by atoms with Gasteiger partial charge in [-0.15, -0.1) is 0 Å². The first-order valence-electron chi connectivity index (χ1n) is 9.39. The average molecular weight is 409 g/mol. The number of hydrogen-bond donors (Lipinski definition) is 0. The largest absolute Gasteiger partial charge is 0.441 e. The summed E-state index contributed by atoms with van der Waals surface area (Å²) in [5.41, 5.74) is 1.22. The Morgan fingerprint density at radius 3 is 2.30 bits per heavy atom. The molecule has 0 amide bonds. The van der Waals surface area contributed by atoms with Crippen LogP contribution in [0.3, 0.4) is 0 Å². The third kappa shape index (κ3) is 3.61. The van der Waals surface area contributed by atoms with Crippen molar-refractivity contribution in [2.45, 2.75) is 24.9 Å². The van der Waals surface area contributed by atoms with Gasteiger partial charge in [0, 0.05) is 5.56 Å². The highest BCUT2D eigenvalue weighted by Crippen LogP contribution is 2.38. The van der Waals surface area contributed by atoms with Crippen molar-refractivity contribution in [1.82, 2.24) is 4.98 Å². The first-order valence-corrected chi connectivity index (χ1v) is 9.39. The van der Waals surface area contributed by atoms with Gasteiger partial charge in [0.1, 0.15) is 12.0 Å². The minimum atomic E-state index is -4.41. The molecule has 0 saturated carbocycles. The number of rotatable bonds is 4. The van der Waals surface area contributed by atoms with Crippen molar-refractivity contribution in [1.29, 1.82) is 0 Å². The minimum absolute atomic E-state index is 0.184. The van der Waals surface area contributed by atoms with E-state index in [-0.39, 0.29) is 5.89 Å². The second-order valence-corrected chi connectivity index (χ2v) is 7.22. The standard InChI is InChI=1S/C24H18F3NO2/c1-16-21(28-22(30-16)19-7-9-20(10-8-19)24(25,26)27)23(15-29)13-11-18(12-14-23)17-5-3-2-4-6-17/h2-13,15H,14H2,1H3. The Hall–Kier alpha value is -3.41. The molecule has 1 unspecified atom stereocenters. The van der Waals surface area contributed by atoms with Gasteiger partial charge in [-0.2, -0.15) is 13.2 Å². The van der Waals surface area contributed by atoms with E-state index in [1.165, 1.54) is 12.1 Å². The van der Waals surface area contributed by atoms with Crippen LogP contribution in [-0.2, 0) is 16.4 Å². The first-order chi connectivity index (χ1) is 14.3. The maximum Gasteiger partial charge on any atom is 0.416 e. The molecule has 1 aromatic heterocycles. The van der Waals surface area contributed by atoms with Gasteiger partial charge in [-0.3, -0.25) is 0 Å². The molecule has 30 heavy (non-hydrogen) atoms. The smallest absolute Gasteiger partial charge is 0.416 e. The maximum atomic E-state index is 12.8. The van der Waals surface area contributed by atoms with Crippen molar-refractivity contribution in [3.05, 3.63) is 95.4 Å². The van der Waals surface area contributed by atoms with E-state index < -0.39 is 17.2 Å². The second-order valence-electron chi connectivity index (χ2n) is 7.22. The molecule has 3 nitrogen and oxygen atoms in total. The molecule has 1 heterocycles. The van der Waals surface area contributed by atoms with Crippen LogP contribution in [0.4, 0.5) is 13.2 Å². The lowest BCUT2D eigenvalue weighted by molar-refractivity contribution is -0.137. The molecule has 2 aromatic carbocycles. The fourth-order valence-electron chi connectivity index (χ4n) is 3.57. The van der Waals surface area contributed by atoms with Crippen LogP contribution < -0.4 is 0 Å². The monoisotopic (exact) mass is 409 g/mol. The van der Waals surface area contributed by atoms with Crippen molar-refractivity contribution in [3.8, 4) is 11.5 Å². The van der Waals surface area contributed by atoms with Gasteiger partial charge in [-0.05, 0) is 48.7 Å². The predicted octanol–water partition coefficient (Wildman–Crippen LogP) is 6.15. The van der Waals surface area contributed by atoms with Crippen molar-refractivity contribution >= 4 is 11.9 Å². The normalized spacial score (nSPS) is 18.9. The topological polar surface area (TPSA) is 43.1 Å². The molecule has 0 N–H and O–H groups in total. The summed E-state index contributed by atoms with van der Waals surface area (Å²) in [5.74, 6) is 0.641. The third-order valence-electron chi connectivity index (χ3n) is 5.23. The molecular weight excluding hydrogens is 391 g/mol. The number of benzene rings is 2. The summed E-state index contributed by atoms with van der Waals surface area (Å²) in [6.07, 6.45) is 2.52. The average Bonchev–Trinajstić information content (AvgIpc) is 3.16. The van der Waals surface area contributed by atoms with Gasteiger partial charge in [0.25, 0.3) is 0 Å². The van der Waals surface area contributed by atoms with Crippen molar-refractivity contribution < 1.29 is 22.4 Å². The molecule has 3 aromatic rings. The number of nitrogens with zero attached hydrogens (tertiary/aromatic N) is 1. The number of aryl methyl sites for hydroxylation is 1. The van der Waals surface area contributed by atoms with E-state index in [1.807, 2.05) is 48.6 Å². The Morgan fingerprint density at radius 2 is 1.73 bits per heavy atom. The fraction of sp³-hybridized carbons (Fsp3) is 0.167. The Kier molecular flexibility index (Phi) is 4.94. The van der Waals surface area contributed by atoms with Gasteiger partial charge in [-0.25, -0.2) is 4.98 Å². The summed E-state index contributed by atoms with van der Waals surface area (Å²) < 4.78 is 44.1. The van der Waals surface area contributed by atoms with E-state index >= 15 is 0 Å². The summed E-state index contributed by atoms with van der Waals surface area (Å²) in [6, 6.07) is 14.4. The van der Waals surface area contributed by atoms with Gasteiger partial charge < -0.3 is 9.21 Å². The summed E-state index contributed by atoms with van der Waals surface area (Å²) in [5, 5.41) is 0. The van der Waals surface area contributed by atoms with E-state index in [9.17, 15) is 18.0 Å². The molecule has 1 aliphatic carbocycles. The highest BCUT2D eigenvalue weighted by atomic mass is 19.4. The SMILES string of the molecule is Cc1oc(-c2ccc(C(F)(F)F)cc2)nc1C1(C=O)C=CC(c2ccccc2)=CC1. The van der Waals surface area contributed by atoms with E-state index in [0.29, 0.717) is 23.4 Å². The number of aromatic nitrogens is 1. The number of allylic oxidation sites excluding steroid dienone is 4. The molecule has 0 spiro atoms. The molecule has 0 radical (unpaired) electrons. The first kappa shape index (κ1) is 19.9. The summed E-state index contributed by atoms with van der Waals surface area (Å²) in [7, 11) is 0. The van der Waals surface area contributed by atoms with Crippen LogP contribution in [0, 0.1) is 6.92 Å². The highest BCUT2D eigenvalue weighted by molar-refractivity contribution is 5.82. The van der Waals surface area contributed by atoms with Crippen molar-refractivity contribution in [2.75, 3.05) is 0 Å². The van der Waals surface area contributed by atoms with Crippen molar-refractivity contribution in [3.63, 3.8) is 0 Å². The summed E-state index contributed by atoms with van der Waals surface area (Å²) in [6.45, 7) is 1.70. The van der Waals surface area contributed by atoms with E-state index in [2.05, 4.69) is 4.98 Å². The molecule has 4 rings (SSSR count). The van der Waals surface area contributed by atoms with Crippen LogP contribution in [0.2, 0.25) is 0 Å². The molecule has 0 aliphatic heterocycles. The highest BCUT2D eigenvalue weighted by Gasteiger charge is 2.36. The molecule has 6 heteroatoms. The lowest BCUT2D eigenvalue weighted by Gasteiger charge is -2.25. The zero-order valence-electron chi connectivity index (χ0n) is 16.1. The molecule has 0 fully saturated rings. The zero-order valence-corrected chi connectivity index (χ0v) is 16.1. The van der Waals surface area contributed by atoms with Gasteiger partial charge in [0.15, 0.2) is 0 Å². The molecule has 0 saturated heterocycles. The van der Waals surface area contributed by atoms with E-state index in [0.717, 1.165) is 29.6 Å². The molecule has 1 atom stereocenters. The van der Waals surface area contributed by atoms with Gasteiger partial charge >= 0.3 is 6.18 Å². The maximum absolute atomic E-state index is 12.8. The fourth-order valence-corrected chi connectivity index (χ4v) is 3.57. The minimum Gasteiger partial charge on any atom is -0.441 e. The Bertz CT molecular complexity index is 1130. The molecule has 152 valence electrons. The third-order valence-corrected chi connectivity index (χ3v) is 5.23. The number of carbonyl (C=O) groups is 1. The van der Waals surface area contributed by atoms with Gasteiger partial charge in [0.2, 0.25) is 5.89 Å². The Labute approximate surface area is 171 Å². The number of carbonyl (C=O) groups excluding carboxylic acids is 1. The quantitative estimate of drug-likeness (QED) is 0.486. The number of halogens is 3. The van der Waals surface area contributed by atoms with Crippen LogP contribution in [0.25, 0.3) is 17.0 Å². The zero-order chi connectivity index (χ0) is 21.4. The molecular formula is C24H18F3NO2. The Balaban J connectivity index is 1.65. The van der Waals surface area contributed by atoms with Gasteiger partial charge in [-0.1, -0.05) is 48.6 Å². The molecule has 1 aliphatic rings. The Morgan fingerprint density at radius 1 is 1.03 bits per heavy atom. The summed E-state index contributed by atoms with van der Waals surface area (Å²) in [4.78, 5) is 16.6. The van der Waals surface area contributed by atoms with Crippen LogP contribution in [0.5, 0.6) is 0 Å². The predicted molar refractivity (Wildman–Crippen MR) is 108 cm³/mol. The van der Waals surface area contributed by atoms with Crippen LogP contribution in [-0.4, -0.2) is 11.3 Å². The number of alkyl halides is 3. The number of oxazole rings is 1. The second kappa shape index (κ2) is 7.44. The van der Waals surface area contributed by atoms with E-state index in [4.69, 9.17) is 4.42 Å². The lowest BCUT2D eigenvalue weighted by Crippen LogP contribution is -2.28. The number of aldehydes is 1. The van der Waals surface area contributed by atoms with Gasteiger partial charge in [0.05, 0.1) is 16.7 Å². The lowest BCUT2D eigenvalue weighted by atomic mass is 9.77. The molecule has 0 bridgehead atoms. The van der Waals surface area contributed by atoms with Crippen LogP contribution in [0.1, 0.15) is 29.0 Å².